The first kappa shape index (κ1) is 10.3. The summed E-state index contributed by atoms with van der Waals surface area (Å²) in [7, 11) is 1.45. The van der Waals surface area contributed by atoms with Gasteiger partial charge >= 0.3 is 0 Å². The minimum atomic E-state index is -2.85. The average molecular weight is 208 g/mol. The Bertz CT molecular complexity index is 277. The van der Waals surface area contributed by atoms with Crippen molar-refractivity contribution < 1.29 is 13.5 Å². The molecule has 0 bridgehead atoms. The summed E-state index contributed by atoms with van der Waals surface area (Å²) in [5.41, 5.74) is 4.90. The van der Waals surface area contributed by atoms with Gasteiger partial charge in [-0.2, -0.15) is 0 Å². The van der Waals surface area contributed by atoms with Crippen LogP contribution in [0.25, 0.3) is 0 Å². The molecule has 13 heavy (non-hydrogen) atoms. The van der Waals surface area contributed by atoms with E-state index in [0.717, 1.165) is 11.3 Å². The zero-order valence-corrected chi connectivity index (χ0v) is 7.91. The quantitative estimate of drug-likeness (QED) is 0.811. The van der Waals surface area contributed by atoms with E-state index in [9.17, 15) is 8.78 Å². The predicted molar refractivity (Wildman–Crippen MR) is 46.4 cm³/mol. The lowest BCUT2D eigenvalue weighted by atomic mass is 10.2. The van der Waals surface area contributed by atoms with E-state index >= 15 is 0 Å². The smallest absolute Gasteiger partial charge is 0.273 e. The number of rotatable bonds is 4. The summed E-state index contributed by atoms with van der Waals surface area (Å²) in [6.07, 6.45) is 1.01. The van der Waals surface area contributed by atoms with Gasteiger partial charge in [-0.3, -0.25) is 0 Å². The number of thiazole rings is 1. The number of methoxy groups -OCH3 is 1. The van der Waals surface area contributed by atoms with E-state index in [-0.39, 0.29) is 6.42 Å². The molecule has 0 aromatic carbocycles. The first-order valence-electron chi connectivity index (χ1n) is 3.64. The minimum absolute atomic E-state index is 0.371. The first-order valence-corrected chi connectivity index (χ1v) is 4.45. The number of alkyl halides is 2. The van der Waals surface area contributed by atoms with Crippen LogP contribution in [0.1, 0.15) is 4.88 Å². The SMILES string of the molecule is COc1ncc(CC(F)(F)CN)s1. The monoisotopic (exact) mass is 208 g/mol. The summed E-state index contributed by atoms with van der Waals surface area (Å²) >= 11 is 1.11. The highest BCUT2D eigenvalue weighted by Gasteiger charge is 2.28. The Kier molecular flexibility index (Phi) is 3.16. The van der Waals surface area contributed by atoms with Crippen molar-refractivity contribution in [3.8, 4) is 5.19 Å². The van der Waals surface area contributed by atoms with Crippen molar-refractivity contribution in [1.82, 2.24) is 4.98 Å². The zero-order valence-electron chi connectivity index (χ0n) is 7.09. The molecule has 0 fully saturated rings. The molecule has 0 radical (unpaired) electrons. The molecule has 1 heterocycles. The predicted octanol–water partition coefficient (Wildman–Crippen LogP) is 1.29. The van der Waals surface area contributed by atoms with E-state index in [1.807, 2.05) is 0 Å². The summed E-state index contributed by atoms with van der Waals surface area (Å²) in [5, 5.41) is 0.392. The van der Waals surface area contributed by atoms with E-state index in [2.05, 4.69) is 4.98 Å². The second-order valence-electron chi connectivity index (χ2n) is 2.53. The second-order valence-corrected chi connectivity index (χ2v) is 3.61. The molecule has 0 atom stereocenters. The molecular formula is C7H10F2N2OS. The van der Waals surface area contributed by atoms with Crippen molar-refractivity contribution in [2.75, 3.05) is 13.7 Å². The fraction of sp³-hybridized carbons (Fsp3) is 0.571. The molecule has 0 saturated carbocycles. The van der Waals surface area contributed by atoms with E-state index in [1.54, 1.807) is 0 Å². The largest absolute Gasteiger partial charge is 0.473 e. The Morgan fingerprint density at radius 3 is 2.85 bits per heavy atom. The third kappa shape index (κ3) is 2.89. The van der Waals surface area contributed by atoms with Crippen LogP contribution < -0.4 is 10.5 Å². The highest BCUT2D eigenvalue weighted by Crippen LogP contribution is 2.26. The molecule has 3 nitrogen and oxygen atoms in total. The number of hydrogen-bond donors (Lipinski definition) is 1. The Hall–Kier alpha value is -0.750. The zero-order chi connectivity index (χ0) is 9.90. The highest BCUT2D eigenvalue weighted by atomic mass is 32.1. The summed E-state index contributed by atoms with van der Waals surface area (Å²) < 4.78 is 30.3. The molecule has 0 aliphatic rings. The molecule has 74 valence electrons. The molecule has 0 spiro atoms. The normalized spacial score (nSPS) is 11.7. The van der Waals surface area contributed by atoms with Crippen molar-refractivity contribution in [2.45, 2.75) is 12.3 Å². The standard InChI is InChI=1S/C7H10F2N2OS/c1-12-6-11-3-5(13-6)2-7(8,9)4-10/h3H,2,4,10H2,1H3. The highest BCUT2D eigenvalue weighted by molar-refractivity contribution is 7.13. The summed E-state index contributed by atoms with van der Waals surface area (Å²) in [6.45, 7) is -0.646. The Morgan fingerprint density at radius 2 is 2.38 bits per heavy atom. The number of aromatic nitrogens is 1. The molecule has 2 N–H and O–H groups in total. The van der Waals surface area contributed by atoms with Gasteiger partial charge in [-0.15, -0.1) is 0 Å². The Labute approximate surface area is 78.5 Å². The van der Waals surface area contributed by atoms with Crippen molar-refractivity contribution in [1.29, 1.82) is 0 Å². The van der Waals surface area contributed by atoms with Crippen LogP contribution in [0.3, 0.4) is 0 Å². The van der Waals surface area contributed by atoms with Gasteiger partial charge in [0.05, 0.1) is 13.7 Å². The van der Waals surface area contributed by atoms with Gasteiger partial charge in [-0.1, -0.05) is 11.3 Å². The topological polar surface area (TPSA) is 48.1 Å². The van der Waals surface area contributed by atoms with Crippen LogP contribution in [0.15, 0.2) is 6.20 Å². The van der Waals surface area contributed by atoms with Crippen LogP contribution >= 0.6 is 11.3 Å². The average Bonchev–Trinajstić information content (AvgIpc) is 2.52. The fourth-order valence-corrected chi connectivity index (χ4v) is 1.59. The van der Waals surface area contributed by atoms with Crippen LogP contribution in [-0.4, -0.2) is 24.6 Å². The Balaban J connectivity index is 2.63. The lowest BCUT2D eigenvalue weighted by Gasteiger charge is -2.10. The maximum absolute atomic E-state index is 12.8. The molecule has 0 saturated heterocycles. The molecular weight excluding hydrogens is 198 g/mol. The number of hydrogen-bond acceptors (Lipinski definition) is 4. The van der Waals surface area contributed by atoms with Gasteiger partial charge in [-0.25, -0.2) is 13.8 Å². The van der Waals surface area contributed by atoms with Crippen molar-refractivity contribution in [2.24, 2.45) is 5.73 Å². The summed E-state index contributed by atoms with van der Waals surface area (Å²) in [5.74, 6) is -2.85. The van der Waals surface area contributed by atoms with E-state index in [1.165, 1.54) is 13.3 Å². The molecule has 0 aliphatic carbocycles. The molecule has 1 rings (SSSR count). The van der Waals surface area contributed by atoms with Gasteiger partial charge < -0.3 is 10.5 Å². The third-order valence-electron chi connectivity index (χ3n) is 1.44. The number of nitrogens with zero attached hydrogens (tertiary/aromatic N) is 1. The van der Waals surface area contributed by atoms with Crippen LogP contribution in [0, 0.1) is 0 Å². The van der Waals surface area contributed by atoms with Gasteiger partial charge in [-0.05, 0) is 0 Å². The van der Waals surface area contributed by atoms with Crippen LogP contribution in [-0.2, 0) is 6.42 Å². The number of halogens is 2. The van der Waals surface area contributed by atoms with Crippen LogP contribution in [0.5, 0.6) is 5.19 Å². The minimum Gasteiger partial charge on any atom is -0.473 e. The van der Waals surface area contributed by atoms with Crippen molar-refractivity contribution in [3.05, 3.63) is 11.1 Å². The molecule has 0 unspecified atom stereocenters. The second kappa shape index (κ2) is 3.97. The van der Waals surface area contributed by atoms with Gasteiger partial charge in [0, 0.05) is 17.5 Å². The Morgan fingerprint density at radius 1 is 1.69 bits per heavy atom. The maximum Gasteiger partial charge on any atom is 0.273 e. The number of ether oxygens (including phenoxy) is 1. The van der Waals surface area contributed by atoms with E-state index < -0.39 is 12.5 Å². The third-order valence-corrected chi connectivity index (χ3v) is 2.40. The molecule has 1 aromatic rings. The van der Waals surface area contributed by atoms with Crippen molar-refractivity contribution >= 4 is 11.3 Å². The number of nitrogens with two attached hydrogens (primary N) is 1. The lowest BCUT2D eigenvalue weighted by Crippen LogP contribution is -2.29. The first-order chi connectivity index (χ1) is 6.07. The van der Waals surface area contributed by atoms with E-state index in [4.69, 9.17) is 10.5 Å². The van der Waals surface area contributed by atoms with Crippen molar-refractivity contribution in [3.63, 3.8) is 0 Å². The lowest BCUT2D eigenvalue weighted by molar-refractivity contribution is 0.0122. The summed E-state index contributed by atoms with van der Waals surface area (Å²) in [6, 6.07) is 0. The fourth-order valence-electron chi connectivity index (χ4n) is 0.793. The maximum atomic E-state index is 12.8. The van der Waals surface area contributed by atoms with Crippen LogP contribution in [0.2, 0.25) is 0 Å². The molecule has 0 aliphatic heterocycles. The molecule has 1 aromatic heterocycles. The molecule has 0 amide bonds. The van der Waals surface area contributed by atoms with Gasteiger partial charge in [0.1, 0.15) is 0 Å². The van der Waals surface area contributed by atoms with Gasteiger partial charge in [0.25, 0.3) is 11.1 Å². The molecule has 6 heteroatoms. The van der Waals surface area contributed by atoms with E-state index in [0.29, 0.717) is 10.1 Å². The summed E-state index contributed by atoms with van der Waals surface area (Å²) in [4.78, 5) is 4.25. The van der Waals surface area contributed by atoms with Gasteiger partial charge in [0.15, 0.2) is 0 Å². The van der Waals surface area contributed by atoms with Crippen LogP contribution in [0.4, 0.5) is 8.78 Å². The van der Waals surface area contributed by atoms with Gasteiger partial charge in [0.2, 0.25) is 0 Å².